The zero-order chi connectivity index (χ0) is 15.5. The standard InChI is InChI=1S/C16H32N4O/c1-3-20(4-2)14-8-11-19(12-14)10-7-13-6-5-9-16(13,18)15(17)21/h13-14H,3-12,18H2,1-2H3,(H2,17,21). The third kappa shape index (κ3) is 3.58. The number of nitrogens with zero attached hydrogens (tertiary/aromatic N) is 2. The fourth-order valence-electron chi connectivity index (χ4n) is 4.22. The number of rotatable bonds is 7. The van der Waals surface area contributed by atoms with Crippen LogP contribution < -0.4 is 11.5 Å². The highest BCUT2D eigenvalue weighted by atomic mass is 16.1. The lowest BCUT2D eigenvalue weighted by atomic mass is 9.85. The van der Waals surface area contributed by atoms with Crippen molar-refractivity contribution in [2.45, 2.75) is 57.5 Å². The molecule has 3 atom stereocenters. The van der Waals surface area contributed by atoms with Gasteiger partial charge in [-0.2, -0.15) is 0 Å². The molecule has 1 aliphatic heterocycles. The zero-order valence-electron chi connectivity index (χ0n) is 13.7. The zero-order valence-corrected chi connectivity index (χ0v) is 13.7. The van der Waals surface area contributed by atoms with Gasteiger partial charge in [-0.25, -0.2) is 0 Å². The minimum atomic E-state index is -0.752. The monoisotopic (exact) mass is 296 g/mol. The lowest BCUT2D eigenvalue weighted by molar-refractivity contribution is -0.124. The molecule has 2 rings (SSSR count). The molecule has 0 aromatic carbocycles. The van der Waals surface area contributed by atoms with Gasteiger partial charge >= 0.3 is 0 Å². The Morgan fingerprint density at radius 2 is 2.05 bits per heavy atom. The quantitative estimate of drug-likeness (QED) is 0.728. The second-order valence-electron chi connectivity index (χ2n) is 6.75. The number of primary amides is 1. The van der Waals surface area contributed by atoms with Gasteiger partial charge in [0.2, 0.25) is 5.91 Å². The summed E-state index contributed by atoms with van der Waals surface area (Å²) in [6.45, 7) is 10.1. The number of amides is 1. The van der Waals surface area contributed by atoms with Crippen LogP contribution in [0.15, 0.2) is 0 Å². The second kappa shape index (κ2) is 7.07. The lowest BCUT2D eigenvalue weighted by Crippen LogP contribution is -2.55. The topological polar surface area (TPSA) is 75.6 Å². The fraction of sp³-hybridized carbons (Fsp3) is 0.938. The number of carbonyl (C=O) groups excluding carboxylic acids is 1. The summed E-state index contributed by atoms with van der Waals surface area (Å²) in [6.07, 6.45) is 5.11. The Bertz CT molecular complexity index is 358. The first-order valence-corrected chi connectivity index (χ1v) is 8.56. The summed E-state index contributed by atoms with van der Waals surface area (Å²) in [7, 11) is 0. The van der Waals surface area contributed by atoms with Crippen LogP contribution >= 0.6 is 0 Å². The van der Waals surface area contributed by atoms with Gasteiger partial charge in [-0.15, -0.1) is 0 Å². The van der Waals surface area contributed by atoms with E-state index in [1.807, 2.05) is 0 Å². The van der Waals surface area contributed by atoms with Crippen LogP contribution in [0.3, 0.4) is 0 Å². The SMILES string of the molecule is CCN(CC)C1CCN(CCC2CCCC2(N)C(N)=O)C1. The van der Waals surface area contributed by atoms with Gasteiger partial charge < -0.3 is 16.4 Å². The van der Waals surface area contributed by atoms with Crippen molar-refractivity contribution in [1.29, 1.82) is 0 Å². The number of hydrogen-bond acceptors (Lipinski definition) is 4. The first-order chi connectivity index (χ1) is 10.0. The molecule has 0 spiro atoms. The summed E-state index contributed by atoms with van der Waals surface area (Å²) >= 11 is 0. The highest BCUT2D eigenvalue weighted by Crippen LogP contribution is 2.36. The van der Waals surface area contributed by atoms with Gasteiger partial charge in [0.25, 0.3) is 0 Å². The first-order valence-electron chi connectivity index (χ1n) is 8.56. The third-order valence-electron chi connectivity index (χ3n) is 5.70. The lowest BCUT2D eigenvalue weighted by Gasteiger charge is -2.30. The van der Waals surface area contributed by atoms with Gasteiger partial charge in [-0.3, -0.25) is 9.69 Å². The van der Waals surface area contributed by atoms with Crippen LogP contribution in [0.25, 0.3) is 0 Å². The summed E-state index contributed by atoms with van der Waals surface area (Å²) in [4.78, 5) is 16.7. The summed E-state index contributed by atoms with van der Waals surface area (Å²) < 4.78 is 0. The maximum Gasteiger partial charge on any atom is 0.237 e. The van der Waals surface area contributed by atoms with E-state index >= 15 is 0 Å². The number of carbonyl (C=O) groups is 1. The smallest absolute Gasteiger partial charge is 0.237 e. The summed E-state index contributed by atoms with van der Waals surface area (Å²) in [5, 5.41) is 0. The Kier molecular flexibility index (Phi) is 5.63. The van der Waals surface area contributed by atoms with E-state index in [9.17, 15) is 4.79 Å². The Hall–Kier alpha value is -0.650. The average molecular weight is 296 g/mol. The molecule has 1 heterocycles. The van der Waals surface area contributed by atoms with Crippen molar-refractivity contribution in [2.75, 3.05) is 32.7 Å². The third-order valence-corrected chi connectivity index (χ3v) is 5.70. The van der Waals surface area contributed by atoms with E-state index < -0.39 is 5.54 Å². The fourth-order valence-corrected chi connectivity index (χ4v) is 4.22. The van der Waals surface area contributed by atoms with Crippen molar-refractivity contribution in [3.8, 4) is 0 Å². The molecule has 1 saturated carbocycles. The highest BCUT2D eigenvalue weighted by Gasteiger charge is 2.44. The summed E-state index contributed by atoms with van der Waals surface area (Å²) in [6, 6.07) is 0.697. The van der Waals surface area contributed by atoms with Crippen molar-refractivity contribution in [2.24, 2.45) is 17.4 Å². The van der Waals surface area contributed by atoms with Crippen molar-refractivity contribution in [1.82, 2.24) is 9.80 Å². The summed E-state index contributed by atoms with van der Waals surface area (Å²) in [5.41, 5.74) is 11.0. The van der Waals surface area contributed by atoms with Gasteiger partial charge in [-0.1, -0.05) is 20.3 Å². The number of nitrogens with two attached hydrogens (primary N) is 2. The number of likely N-dealkylation sites (N-methyl/N-ethyl adjacent to an activating group) is 1. The molecule has 0 aromatic heterocycles. The van der Waals surface area contributed by atoms with Crippen LogP contribution in [0.4, 0.5) is 0 Å². The summed E-state index contributed by atoms with van der Waals surface area (Å²) in [5.74, 6) is -0.0463. The highest BCUT2D eigenvalue weighted by molar-refractivity contribution is 5.85. The Balaban J connectivity index is 1.81. The molecular weight excluding hydrogens is 264 g/mol. The Labute approximate surface area is 129 Å². The van der Waals surface area contributed by atoms with Crippen molar-refractivity contribution in [3.05, 3.63) is 0 Å². The van der Waals surface area contributed by atoms with Crippen LogP contribution in [0.1, 0.15) is 46.0 Å². The van der Waals surface area contributed by atoms with E-state index in [-0.39, 0.29) is 11.8 Å². The Morgan fingerprint density at radius 3 is 2.67 bits per heavy atom. The molecule has 5 nitrogen and oxygen atoms in total. The molecule has 3 unspecified atom stereocenters. The second-order valence-corrected chi connectivity index (χ2v) is 6.75. The van der Waals surface area contributed by atoms with E-state index in [1.165, 1.54) is 13.0 Å². The average Bonchev–Trinajstić information content (AvgIpc) is 3.06. The normalized spacial score (nSPS) is 33.9. The number of likely N-dealkylation sites (tertiary alicyclic amines) is 1. The van der Waals surface area contributed by atoms with Crippen LogP contribution in [0.5, 0.6) is 0 Å². The van der Waals surface area contributed by atoms with Gasteiger partial charge in [0.1, 0.15) is 0 Å². The van der Waals surface area contributed by atoms with Crippen molar-refractivity contribution >= 4 is 5.91 Å². The van der Waals surface area contributed by atoms with Crippen LogP contribution in [0.2, 0.25) is 0 Å². The minimum Gasteiger partial charge on any atom is -0.368 e. The predicted octanol–water partition coefficient (Wildman–Crippen LogP) is 0.776. The molecule has 4 N–H and O–H groups in total. The number of hydrogen-bond donors (Lipinski definition) is 2. The van der Waals surface area contributed by atoms with Crippen LogP contribution in [0, 0.1) is 5.92 Å². The first kappa shape index (κ1) is 16.7. The predicted molar refractivity (Wildman–Crippen MR) is 85.8 cm³/mol. The molecule has 2 aliphatic rings. The molecule has 1 saturated heterocycles. The van der Waals surface area contributed by atoms with E-state index in [2.05, 4.69) is 23.6 Å². The van der Waals surface area contributed by atoms with Crippen molar-refractivity contribution < 1.29 is 4.79 Å². The molecule has 1 amide bonds. The molecule has 0 bridgehead atoms. The molecule has 5 heteroatoms. The van der Waals surface area contributed by atoms with Gasteiger partial charge in [0.15, 0.2) is 0 Å². The van der Waals surface area contributed by atoms with E-state index in [4.69, 9.17) is 11.5 Å². The molecule has 21 heavy (non-hydrogen) atoms. The molecule has 0 aromatic rings. The Morgan fingerprint density at radius 1 is 1.33 bits per heavy atom. The maximum atomic E-state index is 11.6. The largest absolute Gasteiger partial charge is 0.368 e. The molecular formula is C16H32N4O. The minimum absolute atomic E-state index is 0.266. The van der Waals surface area contributed by atoms with Crippen LogP contribution in [-0.2, 0) is 4.79 Å². The molecule has 1 aliphatic carbocycles. The van der Waals surface area contributed by atoms with E-state index in [0.29, 0.717) is 6.04 Å². The van der Waals surface area contributed by atoms with Gasteiger partial charge in [0.05, 0.1) is 5.54 Å². The van der Waals surface area contributed by atoms with E-state index in [0.717, 1.165) is 51.9 Å². The van der Waals surface area contributed by atoms with Gasteiger partial charge in [-0.05, 0) is 57.8 Å². The molecule has 122 valence electrons. The molecule has 0 radical (unpaired) electrons. The van der Waals surface area contributed by atoms with Crippen LogP contribution in [-0.4, -0.2) is 60.0 Å². The molecule has 2 fully saturated rings. The maximum absolute atomic E-state index is 11.6. The van der Waals surface area contributed by atoms with Crippen molar-refractivity contribution in [3.63, 3.8) is 0 Å². The van der Waals surface area contributed by atoms with Gasteiger partial charge in [0, 0.05) is 12.6 Å². The van der Waals surface area contributed by atoms with E-state index in [1.54, 1.807) is 0 Å².